The van der Waals surface area contributed by atoms with Crippen molar-refractivity contribution >= 4 is 5.95 Å². The zero-order valence-electron chi connectivity index (χ0n) is 9.74. The van der Waals surface area contributed by atoms with Gasteiger partial charge in [0, 0.05) is 24.0 Å². The molecule has 0 spiro atoms. The minimum absolute atomic E-state index is 0.372. The normalized spacial score (nSPS) is 10.3. The monoisotopic (exact) mass is 232 g/mol. The van der Waals surface area contributed by atoms with Gasteiger partial charge in [-0.1, -0.05) is 0 Å². The Kier molecular flexibility index (Phi) is 3.27. The summed E-state index contributed by atoms with van der Waals surface area (Å²) < 4.78 is 13.1. The van der Waals surface area contributed by atoms with Crippen LogP contribution in [0.4, 0.5) is 10.3 Å². The lowest BCUT2D eigenvalue weighted by atomic mass is 10.2. The molecule has 0 aliphatic heterocycles. The first-order valence-corrected chi connectivity index (χ1v) is 5.39. The van der Waals surface area contributed by atoms with Crippen LogP contribution < -0.4 is 5.32 Å². The third-order valence-corrected chi connectivity index (χ3v) is 2.19. The molecule has 2 aromatic heterocycles. The Labute approximate surface area is 99.0 Å². The highest BCUT2D eigenvalue weighted by Gasteiger charge is 2.05. The largest absolute Gasteiger partial charge is 0.354 e. The van der Waals surface area contributed by atoms with E-state index in [1.807, 2.05) is 13.8 Å². The minimum Gasteiger partial charge on any atom is -0.354 e. The van der Waals surface area contributed by atoms with Gasteiger partial charge in [0.05, 0.1) is 11.9 Å². The topological polar surface area (TPSA) is 50.7 Å². The molecule has 0 unspecified atom stereocenters. The van der Waals surface area contributed by atoms with Crippen LogP contribution in [0.25, 0.3) is 11.3 Å². The van der Waals surface area contributed by atoms with Crippen molar-refractivity contribution in [1.29, 1.82) is 0 Å². The van der Waals surface area contributed by atoms with E-state index in [2.05, 4.69) is 20.3 Å². The lowest BCUT2D eigenvalue weighted by Gasteiger charge is -2.06. The van der Waals surface area contributed by atoms with Crippen LogP contribution in [0.2, 0.25) is 0 Å². The van der Waals surface area contributed by atoms with E-state index in [-0.39, 0.29) is 5.82 Å². The third-order valence-electron chi connectivity index (χ3n) is 2.19. The fourth-order valence-electron chi connectivity index (χ4n) is 1.51. The van der Waals surface area contributed by atoms with Gasteiger partial charge in [0.15, 0.2) is 0 Å². The molecule has 0 atom stereocenters. The maximum Gasteiger partial charge on any atom is 0.223 e. The van der Waals surface area contributed by atoms with Gasteiger partial charge in [0.25, 0.3) is 0 Å². The van der Waals surface area contributed by atoms with Crippen LogP contribution in [0.15, 0.2) is 24.5 Å². The minimum atomic E-state index is -0.372. The average molecular weight is 232 g/mol. The molecule has 2 aromatic rings. The average Bonchev–Trinajstić information content (AvgIpc) is 2.28. The molecular weight excluding hydrogens is 219 g/mol. The number of nitrogens with one attached hydrogen (secondary N) is 1. The number of hydrogen-bond donors (Lipinski definition) is 1. The Morgan fingerprint density at radius 1 is 1.24 bits per heavy atom. The number of rotatable bonds is 3. The summed E-state index contributed by atoms with van der Waals surface area (Å²) in [5.74, 6) is 0.176. The van der Waals surface area contributed by atoms with E-state index in [4.69, 9.17) is 0 Å². The molecule has 0 aromatic carbocycles. The molecule has 0 saturated heterocycles. The summed E-state index contributed by atoms with van der Waals surface area (Å²) in [7, 11) is 0. The maximum absolute atomic E-state index is 13.1. The molecule has 0 amide bonds. The fraction of sp³-hybridized carbons (Fsp3) is 0.250. The zero-order chi connectivity index (χ0) is 12.3. The fourth-order valence-corrected chi connectivity index (χ4v) is 1.51. The summed E-state index contributed by atoms with van der Waals surface area (Å²) in [6.45, 7) is 4.58. The van der Waals surface area contributed by atoms with Crippen LogP contribution in [0, 0.1) is 12.7 Å². The van der Waals surface area contributed by atoms with Gasteiger partial charge in [-0.15, -0.1) is 0 Å². The van der Waals surface area contributed by atoms with Crippen LogP contribution >= 0.6 is 0 Å². The van der Waals surface area contributed by atoms with Crippen molar-refractivity contribution in [1.82, 2.24) is 15.0 Å². The number of hydrogen-bond acceptors (Lipinski definition) is 4. The van der Waals surface area contributed by atoms with Gasteiger partial charge in [-0.2, -0.15) is 0 Å². The summed E-state index contributed by atoms with van der Waals surface area (Å²) in [4.78, 5) is 12.4. The van der Waals surface area contributed by atoms with Gasteiger partial charge in [-0.3, -0.25) is 4.98 Å². The van der Waals surface area contributed by atoms with Gasteiger partial charge in [-0.25, -0.2) is 14.4 Å². The molecule has 0 aliphatic rings. The molecule has 88 valence electrons. The first kappa shape index (κ1) is 11.4. The van der Waals surface area contributed by atoms with Gasteiger partial charge in [0.1, 0.15) is 5.82 Å². The highest BCUT2D eigenvalue weighted by molar-refractivity contribution is 5.59. The molecule has 1 N–H and O–H groups in total. The number of anilines is 1. The van der Waals surface area contributed by atoms with Gasteiger partial charge in [0.2, 0.25) is 5.95 Å². The molecular formula is C12H13FN4. The second kappa shape index (κ2) is 4.86. The van der Waals surface area contributed by atoms with Crippen LogP contribution in [0.5, 0.6) is 0 Å². The highest BCUT2D eigenvalue weighted by atomic mass is 19.1. The molecule has 2 heterocycles. The van der Waals surface area contributed by atoms with Crippen molar-refractivity contribution in [2.45, 2.75) is 13.8 Å². The Morgan fingerprint density at radius 2 is 2.06 bits per heavy atom. The van der Waals surface area contributed by atoms with E-state index in [1.54, 1.807) is 12.3 Å². The Morgan fingerprint density at radius 3 is 2.76 bits per heavy atom. The molecule has 2 rings (SSSR count). The molecule has 0 saturated carbocycles. The summed E-state index contributed by atoms with van der Waals surface area (Å²) >= 11 is 0. The number of aryl methyl sites for hydroxylation is 1. The molecule has 17 heavy (non-hydrogen) atoms. The summed E-state index contributed by atoms with van der Waals surface area (Å²) in [6, 6.07) is 3.21. The van der Waals surface area contributed by atoms with Crippen molar-refractivity contribution in [3.05, 3.63) is 36.0 Å². The quantitative estimate of drug-likeness (QED) is 0.883. The highest BCUT2D eigenvalue weighted by Crippen LogP contribution is 2.18. The van der Waals surface area contributed by atoms with E-state index in [9.17, 15) is 4.39 Å². The summed E-state index contributed by atoms with van der Waals surface area (Å²) in [5, 5.41) is 3.04. The lowest BCUT2D eigenvalue weighted by molar-refractivity contribution is 0.622. The van der Waals surface area contributed by atoms with Crippen LogP contribution in [-0.4, -0.2) is 21.5 Å². The smallest absolute Gasteiger partial charge is 0.223 e. The zero-order valence-corrected chi connectivity index (χ0v) is 9.74. The van der Waals surface area contributed by atoms with E-state index in [0.717, 1.165) is 12.2 Å². The molecule has 0 radical (unpaired) electrons. The summed E-state index contributed by atoms with van der Waals surface area (Å²) in [6.07, 6.45) is 2.75. The van der Waals surface area contributed by atoms with Gasteiger partial charge in [-0.05, 0) is 26.0 Å². The van der Waals surface area contributed by atoms with Gasteiger partial charge < -0.3 is 5.32 Å². The van der Waals surface area contributed by atoms with E-state index >= 15 is 0 Å². The summed E-state index contributed by atoms with van der Waals surface area (Å²) in [5.41, 5.74) is 2.14. The van der Waals surface area contributed by atoms with Crippen molar-refractivity contribution in [3.8, 4) is 11.3 Å². The van der Waals surface area contributed by atoms with Crippen LogP contribution in [-0.2, 0) is 0 Å². The molecule has 4 nitrogen and oxygen atoms in total. The number of aromatic nitrogens is 3. The van der Waals surface area contributed by atoms with Crippen molar-refractivity contribution in [2.75, 3.05) is 11.9 Å². The van der Waals surface area contributed by atoms with Crippen LogP contribution in [0.3, 0.4) is 0 Å². The molecule has 5 heteroatoms. The SMILES string of the molecule is CCNc1nc(C)cc(-c2cncc(F)c2)n1. The standard InChI is InChI=1S/C12H13FN4/c1-3-15-12-16-8(2)4-11(17-12)9-5-10(13)7-14-6-9/h4-7H,3H2,1-2H3,(H,15,16,17). The van der Waals surface area contributed by atoms with E-state index in [0.29, 0.717) is 17.2 Å². The molecule has 0 aliphatic carbocycles. The first-order valence-electron chi connectivity index (χ1n) is 5.39. The Balaban J connectivity index is 2.44. The Hall–Kier alpha value is -2.04. The van der Waals surface area contributed by atoms with Crippen LogP contribution in [0.1, 0.15) is 12.6 Å². The van der Waals surface area contributed by atoms with E-state index < -0.39 is 0 Å². The first-order chi connectivity index (χ1) is 8.19. The Bertz CT molecular complexity index is 528. The second-order valence-electron chi connectivity index (χ2n) is 3.64. The molecule has 0 fully saturated rings. The number of nitrogens with zero attached hydrogens (tertiary/aromatic N) is 3. The molecule has 0 bridgehead atoms. The van der Waals surface area contributed by atoms with Crippen molar-refractivity contribution in [3.63, 3.8) is 0 Å². The predicted octanol–water partition coefficient (Wildman–Crippen LogP) is 2.42. The third kappa shape index (κ3) is 2.75. The van der Waals surface area contributed by atoms with Gasteiger partial charge >= 0.3 is 0 Å². The second-order valence-corrected chi connectivity index (χ2v) is 3.64. The number of halogens is 1. The predicted molar refractivity (Wildman–Crippen MR) is 64.1 cm³/mol. The number of pyridine rings is 1. The van der Waals surface area contributed by atoms with Crippen molar-refractivity contribution < 1.29 is 4.39 Å². The maximum atomic E-state index is 13.1. The van der Waals surface area contributed by atoms with E-state index in [1.165, 1.54) is 12.3 Å². The lowest BCUT2D eigenvalue weighted by Crippen LogP contribution is -2.04. The van der Waals surface area contributed by atoms with Crippen molar-refractivity contribution in [2.24, 2.45) is 0 Å².